The maximum Gasteiger partial charge on any atom is 0.344 e. The molecule has 0 fully saturated rings. The lowest BCUT2D eigenvalue weighted by Gasteiger charge is -2.14. The molecule has 0 saturated heterocycles. The van der Waals surface area contributed by atoms with Gasteiger partial charge in [-0.3, -0.25) is 14.9 Å². The molecule has 0 heterocycles. The summed E-state index contributed by atoms with van der Waals surface area (Å²) >= 11 is 0. The van der Waals surface area contributed by atoms with Crippen LogP contribution in [0, 0.1) is 10.1 Å². The molecule has 0 spiro atoms. The average molecular weight is 374 g/mol. The van der Waals surface area contributed by atoms with Crippen LogP contribution in [0.2, 0.25) is 0 Å². The third-order valence-electron chi connectivity index (χ3n) is 3.42. The Labute approximate surface area is 155 Å². The van der Waals surface area contributed by atoms with Gasteiger partial charge in [0.05, 0.1) is 12.0 Å². The minimum Gasteiger partial charge on any atom is -0.497 e. The number of nitro benzene ring substituents is 1. The van der Waals surface area contributed by atoms with Crippen molar-refractivity contribution in [2.45, 2.75) is 13.0 Å². The first kappa shape index (κ1) is 19.7. The standard InChI is InChI=1S/C18H18N2O7/c1-12(18(22)19-13-6-5-7-14(10-13)25-2)27-17(21)11-26-16-9-4-3-8-15(16)20(23)24/h3-10,12H,11H2,1-2H3,(H,19,22)/t12-/m0/s1. The number of esters is 1. The number of carbonyl (C=O) groups is 2. The van der Waals surface area contributed by atoms with Crippen LogP contribution in [-0.2, 0) is 14.3 Å². The third kappa shape index (κ3) is 5.70. The first-order chi connectivity index (χ1) is 12.9. The highest BCUT2D eigenvalue weighted by Gasteiger charge is 2.20. The highest BCUT2D eigenvalue weighted by Crippen LogP contribution is 2.25. The lowest BCUT2D eigenvalue weighted by Crippen LogP contribution is -2.31. The summed E-state index contributed by atoms with van der Waals surface area (Å²) in [6.07, 6.45) is -1.09. The molecule has 0 aliphatic carbocycles. The molecule has 2 aromatic rings. The van der Waals surface area contributed by atoms with Crippen molar-refractivity contribution < 1.29 is 28.7 Å². The monoisotopic (exact) mass is 374 g/mol. The second kappa shape index (κ2) is 9.18. The van der Waals surface area contributed by atoms with E-state index in [1.165, 1.54) is 38.3 Å². The average Bonchev–Trinajstić information content (AvgIpc) is 2.66. The Kier molecular flexibility index (Phi) is 6.70. The van der Waals surface area contributed by atoms with Crippen LogP contribution in [0.5, 0.6) is 11.5 Å². The normalized spacial score (nSPS) is 11.2. The van der Waals surface area contributed by atoms with Crippen LogP contribution >= 0.6 is 0 Å². The van der Waals surface area contributed by atoms with Gasteiger partial charge in [-0.25, -0.2) is 4.79 Å². The predicted octanol–water partition coefficient (Wildman–Crippen LogP) is 2.55. The molecule has 0 saturated carbocycles. The van der Waals surface area contributed by atoms with E-state index in [-0.39, 0.29) is 11.4 Å². The lowest BCUT2D eigenvalue weighted by molar-refractivity contribution is -0.385. The smallest absolute Gasteiger partial charge is 0.344 e. The van der Waals surface area contributed by atoms with Gasteiger partial charge in [0.1, 0.15) is 5.75 Å². The highest BCUT2D eigenvalue weighted by atomic mass is 16.6. The van der Waals surface area contributed by atoms with Crippen LogP contribution in [0.25, 0.3) is 0 Å². The Morgan fingerprint density at radius 1 is 1.19 bits per heavy atom. The van der Waals surface area contributed by atoms with Crippen LogP contribution in [0.15, 0.2) is 48.5 Å². The number of hydrogen-bond donors (Lipinski definition) is 1. The summed E-state index contributed by atoms with van der Waals surface area (Å²) < 4.78 is 15.2. The molecule has 9 heteroatoms. The molecule has 0 radical (unpaired) electrons. The second-order valence-corrected chi connectivity index (χ2v) is 5.37. The molecule has 0 aliphatic rings. The molecule has 2 aromatic carbocycles. The zero-order valence-electron chi connectivity index (χ0n) is 14.7. The minimum absolute atomic E-state index is 0.0621. The molecule has 1 atom stereocenters. The van der Waals surface area contributed by atoms with E-state index in [1.54, 1.807) is 24.3 Å². The Balaban J connectivity index is 1.87. The number of anilines is 1. The van der Waals surface area contributed by atoms with Gasteiger partial charge < -0.3 is 19.5 Å². The molecule has 0 unspecified atom stereocenters. The fourth-order valence-electron chi connectivity index (χ4n) is 2.10. The maximum atomic E-state index is 12.1. The summed E-state index contributed by atoms with van der Waals surface area (Å²) in [6, 6.07) is 12.3. The summed E-state index contributed by atoms with van der Waals surface area (Å²) in [5.74, 6) is -0.869. The van der Waals surface area contributed by atoms with E-state index >= 15 is 0 Å². The second-order valence-electron chi connectivity index (χ2n) is 5.37. The number of benzene rings is 2. The molecule has 142 valence electrons. The van der Waals surface area contributed by atoms with Gasteiger partial charge in [0, 0.05) is 17.8 Å². The maximum absolute atomic E-state index is 12.1. The van der Waals surface area contributed by atoms with Crippen LogP contribution in [-0.4, -0.2) is 36.6 Å². The summed E-state index contributed by atoms with van der Waals surface area (Å²) in [6.45, 7) is 0.833. The van der Waals surface area contributed by atoms with Crippen LogP contribution in [0.1, 0.15) is 6.92 Å². The zero-order chi connectivity index (χ0) is 19.8. The van der Waals surface area contributed by atoms with Crippen molar-refractivity contribution in [3.63, 3.8) is 0 Å². The van der Waals surface area contributed by atoms with Gasteiger partial charge in [0.15, 0.2) is 18.5 Å². The number of rotatable bonds is 8. The van der Waals surface area contributed by atoms with Crippen molar-refractivity contribution in [2.24, 2.45) is 0 Å². The van der Waals surface area contributed by atoms with Gasteiger partial charge in [-0.1, -0.05) is 18.2 Å². The summed E-state index contributed by atoms with van der Waals surface area (Å²) in [5, 5.41) is 13.5. The van der Waals surface area contributed by atoms with Crippen molar-refractivity contribution in [2.75, 3.05) is 19.0 Å². The first-order valence-corrected chi connectivity index (χ1v) is 7.91. The van der Waals surface area contributed by atoms with Crippen LogP contribution < -0.4 is 14.8 Å². The molecule has 2 rings (SSSR count). The van der Waals surface area contributed by atoms with Crippen molar-refractivity contribution in [1.82, 2.24) is 0 Å². The lowest BCUT2D eigenvalue weighted by atomic mass is 10.3. The topological polar surface area (TPSA) is 117 Å². The SMILES string of the molecule is COc1cccc(NC(=O)[C@H](C)OC(=O)COc2ccccc2[N+](=O)[O-])c1. The molecule has 1 amide bonds. The van der Waals surface area contributed by atoms with Crippen LogP contribution in [0.4, 0.5) is 11.4 Å². The van der Waals surface area contributed by atoms with Crippen molar-refractivity contribution in [1.29, 1.82) is 0 Å². The van der Waals surface area contributed by atoms with E-state index in [0.717, 1.165) is 0 Å². The number of carbonyl (C=O) groups excluding carboxylic acids is 2. The third-order valence-corrected chi connectivity index (χ3v) is 3.42. The number of hydrogen-bond acceptors (Lipinski definition) is 7. The number of ether oxygens (including phenoxy) is 3. The number of nitrogens with one attached hydrogen (secondary N) is 1. The molecule has 9 nitrogen and oxygen atoms in total. The van der Waals surface area contributed by atoms with Gasteiger partial charge in [0.25, 0.3) is 5.91 Å². The van der Waals surface area contributed by atoms with E-state index in [9.17, 15) is 19.7 Å². The van der Waals surface area contributed by atoms with Crippen molar-refractivity contribution >= 4 is 23.3 Å². The minimum atomic E-state index is -1.09. The molecule has 0 aliphatic heterocycles. The van der Waals surface area contributed by atoms with Crippen molar-refractivity contribution in [3.05, 3.63) is 58.6 Å². The van der Waals surface area contributed by atoms with E-state index in [1.807, 2.05) is 0 Å². The fraction of sp³-hybridized carbons (Fsp3) is 0.222. The number of methoxy groups -OCH3 is 1. The van der Waals surface area contributed by atoms with Gasteiger partial charge in [0.2, 0.25) is 0 Å². The van der Waals surface area contributed by atoms with E-state index < -0.39 is 29.5 Å². The molecular formula is C18H18N2O7. The van der Waals surface area contributed by atoms with Gasteiger partial charge in [-0.2, -0.15) is 0 Å². The van der Waals surface area contributed by atoms with E-state index in [4.69, 9.17) is 14.2 Å². The van der Waals surface area contributed by atoms with Gasteiger partial charge >= 0.3 is 11.7 Å². The number of nitro groups is 1. The Hall–Kier alpha value is -3.62. The number of nitrogens with zero attached hydrogens (tertiary/aromatic N) is 1. The fourth-order valence-corrected chi connectivity index (χ4v) is 2.10. The summed E-state index contributed by atoms with van der Waals surface area (Å²) in [4.78, 5) is 34.2. The highest BCUT2D eigenvalue weighted by molar-refractivity contribution is 5.95. The van der Waals surface area contributed by atoms with E-state index in [2.05, 4.69) is 5.32 Å². The molecule has 0 bridgehead atoms. The zero-order valence-corrected chi connectivity index (χ0v) is 14.7. The summed E-state index contributed by atoms with van der Waals surface area (Å²) in [7, 11) is 1.50. The number of para-hydroxylation sites is 2. The van der Waals surface area contributed by atoms with E-state index in [0.29, 0.717) is 11.4 Å². The predicted molar refractivity (Wildman–Crippen MR) is 95.8 cm³/mol. The Bertz CT molecular complexity index is 838. The quantitative estimate of drug-likeness (QED) is 0.429. The molecular weight excluding hydrogens is 356 g/mol. The molecule has 0 aromatic heterocycles. The molecule has 1 N–H and O–H groups in total. The first-order valence-electron chi connectivity index (χ1n) is 7.91. The molecule has 27 heavy (non-hydrogen) atoms. The Morgan fingerprint density at radius 2 is 1.93 bits per heavy atom. The number of amides is 1. The van der Waals surface area contributed by atoms with Crippen LogP contribution in [0.3, 0.4) is 0 Å². The van der Waals surface area contributed by atoms with Gasteiger partial charge in [-0.05, 0) is 25.1 Å². The largest absolute Gasteiger partial charge is 0.497 e. The Morgan fingerprint density at radius 3 is 2.63 bits per heavy atom. The van der Waals surface area contributed by atoms with Crippen molar-refractivity contribution in [3.8, 4) is 11.5 Å². The van der Waals surface area contributed by atoms with Gasteiger partial charge in [-0.15, -0.1) is 0 Å². The summed E-state index contributed by atoms with van der Waals surface area (Å²) in [5.41, 5.74) is 0.215.